The number of carbonyl (C=O) groups excluding carboxylic acids is 1. The first-order valence-electron chi connectivity index (χ1n) is 9.31. The minimum atomic E-state index is -0.472. The predicted molar refractivity (Wildman–Crippen MR) is 102 cm³/mol. The number of amides is 1. The molecule has 10 nitrogen and oxygen atoms in total. The van der Waals surface area contributed by atoms with Gasteiger partial charge < -0.3 is 19.5 Å². The van der Waals surface area contributed by atoms with Crippen LogP contribution in [0.2, 0.25) is 0 Å². The summed E-state index contributed by atoms with van der Waals surface area (Å²) >= 11 is 0. The summed E-state index contributed by atoms with van der Waals surface area (Å²) in [4.78, 5) is 35.7. The molecule has 0 bridgehead atoms. The Morgan fingerprint density at radius 2 is 2.00 bits per heavy atom. The van der Waals surface area contributed by atoms with Crippen LogP contribution in [0.3, 0.4) is 0 Å². The molecule has 2 aromatic rings. The lowest BCUT2D eigenvalue weighted by Crippen LogP contribution is -2.49. The van der Waals surface area contributed by atoms with Gasteiger partial charge in [-0.15, -0.1) is 0 Å². The second-order valence-corrected chi connectivity index (χ2v) is 7.19. The van der Waals surface area contributed by atoms with Crippen LogP contribution >= 0.6 is 0 Å². The van der Waals surface area contributed by atoms with Gasteiger partial charge in [-0.25, -0.2) is 4.98 Å². The van der Waals surface area contributed by atoms with Crippen molar-refractivity contribution in [2.75, 3.05) is 36.4 Å². The second kappa shape index (κ2) is 7.10. The molecule has 28 heavy (non-hydrogen) atoms. The number of carbonyl (C=O) groups is 1. The number of aryl methyl sites for hydroxylation is 2. The van der Waals surface area contributed by atoms with Crippen LogP contribution in [0.25, 0.3) is 0 Å². The topological polar surface area (TPSA) is 118 Å². The van der Waals surface area contributed by atoms with Crippen LogP contribution < -0.4 is 10.2 Å². The van der Waals surface area contributed by atoms with Crippen LogP contribution in [0.4, 0.5) is 17.5 Å². The summed E-state index contributed by atoms with van der Waals surface area (Å²) in [7, 11) is 0. The Kier molecular flexibility index (Phi) is 4.62. The van der Waals surface area contributed by atoms with Crippen molar-refractivity contribution >= 4 is 23.4 Å². The fraction of sp³-hybridized carbons (Fsp3) is 0.500. The zero-order valence-corrected chi connectivity index (χ0v) is 15.8. The number of hydrogen-bond donors (Lipinski definition) is 1. The second-order valence-electron chi connectivity index (χ2n) is 7.19. The van der Waals surface area contributed by atoms with Gasteiger partial charge in [-0.1, -0.05) is 0 Å². The summed E-state index contributed by atoms with van der Waals surface area (Å²) in [6.45, 7) is 5.77. The monoisotopic (exact) mass is 386 g/mol. The Labute approximate surface area is 161 Å². The molecule has 1 aliphatic carbocycles. The van der Waals surface area contributed by atoms with Gasteiger partial charge in [0.05, 0.1) is 10.5 Å². The van der Waals surface area contributed by atoms with E-state index in [1.54, 1.807) is 17.9 Å². The van der Waals surface area contributed by atoms with Gasteiger partial charge in [-0.05, 0) is 32.8 Å². The van der Waals surface area contributed by atoms with Gasteiger partial charge in [0.2, 0.25) is 11.8 Å². The highest BCUT2D eigenvalue weighted by Gasteiger charge is 2.29. The minimum Gasteiger partial charge on any atom is -0.466 e. The maximum absolute atomic E-state index is 12.7. The zero-order valence-electron chi connectivity index (χ0n) is 15.8. The van der Waals surface area contributed by atoms with Gasteiger partial charge in [-0.2, -0.15) is 4.98 Å². The molecule has 0 spiro atoms. The summed E-state index contributed by atoms with van der Waals surface area (Å²) < 4.78 is 5.46. The van der Waals surface area contributed by atoms with E-state index in [0.717, 1.165) is 18.6 Å². The lowest BCUT2D eigenvalue weighted by molar-refractivity contribution is -0.384. The van der Waals surface area contributed by atoms with Crippen LogP contribution in [0.5, 0.6) is 0 Å². The molecule has 148 valence electrons. The molecule has 1 saturated carbocycles. The van der Waals surface area contributed by atoms with E-state index in [1.165, 1.54) is 6.20 Å². The lowest BCUT2D eigenvalue weighted by Gasteiger charge is -2.34. The van der Waals surface area contributed by atoms with E-state index in [2.05, 4.69) is 15.3 Å². The molecule has 1 N–H and O–H groups in total. The smallest absolute Gasteiger partial charge is 0.329 e. The summed E-state index contributed by atoms with van der Waals surface area (Å²) in [5.74, 6) is 2.00. The number of nitrogens with zero attached hydrogens (tertiary/aromatic N) is 5. The average molecular weight is 386 g/mol. The molecule has 1 aliphatic heterocycles. The van der Waals surface area contributed by atoms with Crippen molar-refractivity contribution in [1.82, 2.24) is 14.9 Å². The number of rotatable bonds is 5. The molecule has 2 aliphatic rings. The van der Waals surface area contributed by atoms with E-state index in [-0.39, 0.29) is 23.5 Å². The Balaban J connectivity index is 1.45. The van der Waals surface area contributed by atoms with Crippen LogP contribution in [0, 0.1) is 24.0 Å². The third kappa shape index (κ3) is 3.62. The van der Waals surface area contributed by atoms with Crippen LogP contribution in [-0.4, -0.2) is 57.9 Å². The number of piperazine rings is 1. The molecule has 1 saturated heterocycles. The molecule has 1 amide bonds. The standard InChI is InChI=1S/C18H22N6O4/c1-11-9-14(12(2)28-11)17(25)22-5-7-23(8-6-22)18-19-10-15(24(26)27)16(21-18)20-13-3-4-13/h9-10,13H,3-8H2,1-2H3,(H,19,20,21). The number of furan rings is 1. The van der Waals surface area contributed by atoms with E-state index in [4.69, 9.17) is 4.42 Å². The van der Waals surface area contributed by atoms with E-state index >= 15 is 0 Å². The Hall–Kier alpha value is -3.17. The lowest BCUT2D eigenvalue weighted by atomic mass is 10.2. The fourth-order valence-electron chi connectivity index (χ4n) is 3.30. The molecular formula is C18H22N6O4. The number of anilines is 2. The summed E-state index contributed by atoms with van der Waals surface area (Å²) in [6, 6.07) is 2.01. The Morgan fingerprint density at radius 1 is 1.29 bits per heavy atom. The summed E-state index contributed by atoms with van der Waals surface area (Å²) in [5.41, 5.74) is 0.476. The maximum Gasteiger partial charge on any atom is 0.329 e. The van der Waals surface area contributed by atoms with Crippen LogP contribution in [0.15, 0.2) is 16.7 Å². The SMILES string of the molecule is Cc1cc(C(=O)N2CCN(c3ncc([N+](=O)[O-])c(NC4CC4)n3)CC2)c(C)o1. The first-order chi connectivity index (χ1) is 13.4. The number of nitro groups is 1. The molecule has 0 unspecified atom stereocenters. The third-order valence-electron chi connectivity index (χ3n) is 4.99. The molecule has 10 heteroatoms. The zero-order chi connectivity index (χ0) is 19.8. The van der Waals surface area contributed by atoms with Crippen molar-refractivity contribution < 1.29 is 14.1 Å². The molecule has 0 aromatic carbocycles. The largest absolute Gasteiger partial charge is 0.466 e. The molecule has 3 heterocycles. The van der Waals surface area contributed by atoms with Crippen molar-refractivity contribution in [3.05, 3.63) is 39.5 Å². The van der Waals surface area contributed by atoms with Gasteiger partial charge in [-0.3, -0.25) is 14.9 Å². The average Bonchev–Trinajstić information content (AvgIpc) is 3.42. The normalized spacial score (nSPS) is 16.9. The molecule has 4 rings (SSSR count). The molecule has 2 aromatic heterocycles. The van der Waals surface area contributed by atoms with Gasteiger partial charge in [0.15, 0.2) is 0 Å². The van der Waals surface area contributed by atoms with Gasteiger partial charge in [0.25, 0.3) is 5.91 Å². The molecule has 0 radical (unpaired) electrons. The van der Waals surface area contributed by atoms with Crippen LogP contribution in [0.1, 0.15) is 34.7 Å². The highest BCUT2D eigenvalue weighted by Crippen LogP contribution is 2.30. The first-order valence-corrected chi connectivity index (χ1v) is 9.31. The number of hydrogen-bond acceptors (Lipinski definition) is 8. The third-order valence-corrected chi connectivity index (χ3v) is 4.99. The quantitative estimate of drug-likeness (QED) is 0.613. The fourth-order valence-corrected chi connectivity index (χ4v) is 3.30. The number of aromatic nitrogens is 2. The highest BCUT2D eigenvalue weighted by molar-refractivity contribution is 5.95. The van der Waals surface area contributed by atoms with Crippen molar-refractivity contribution in [2.45, 2.75) is 32.7 Å². The van der Waals surface area contributed by atoms with E-state index in [1.807, 2.05) is 11.8 Å². The molecular weight excluding hydrogens is 364 g/mol. The maximum atomic E-state index is 12.7. The van der Waals surface area contributed by atoms with Crippen molar-refractivity contribution in [3.8, 4) is 0 Å². The van der Waals surface area contributed by atoms with Crippen LogP contribution in [-0.2, 0) is 0 Å². The Morgan fingerprint density at radius 3 is 2.57 bits per heavy atom. The van der Waals surface area contributed by atoms with Crippen molar-refractivity contribution in [1.29, 1.82) is 0 Å². The first kappa shape index (κ1) is 18.2. The van der Waals surface area contributed by atoms with E-state index in [9.17, 15) is 14.9 Å². The molecule has 0 atom stereocenters. The van der Waals surface area contributed by atoms with Gasteiger partial charge >= 0.3 is 5.69 Å². The summed E-state index contributed by atoms with van der Waals surface area (Å²) in [5, 5.41) is 14.3. The van der Waals surface area contributed by atoms with E-state index in [0.29, 0.717) is 43.5 Å². The summed E-state index contributed by atoms with van der Waals surface area (Å²) in [6.07, 6.45) is 3.23. The minimum absolute atomic E-state index is 0.0466. The van der Waals surface area contributed by atoms with Gasteiger partial charge in [0.1, 0.15) is 17.7 Å². The van der Waals surface area contributed by atoms with E-state index < -0.39 is 4.92 Å². The van der Waals surface area contributed by atoms with Crippen molar-refractivity contribution in [2.24, 2.45) is 0 Å². The van der Waals surface area contributed by atoms with Gasteiger partial charge in [0, 0.05) is 32.2 Å². The number of nitrogens with one attached hydrogen (secondary N) is 1. The Bertz CT molecular complexity index is 915. The molecule has 2 fully saturated rings. The predicted octanol–water partition coefficient (Wildman–Crippen LogP) is 2.13. The van der Waals surface area contributed by atoms with Crippen molar-refractivity contribution in [3.63, 3.8) is 0 Å². The highest BCUT2D eigenvalue weighted by atomic mass is 16.6.